The van der Waals surface area contributed by atoms with Crippen LogP contribution < -0.4 is 5.32 Å². The van der Waals surface area contributed by atoms with Gasteiger partial charge in [-0.05, 0) is 23.3 Å². The van der Waals surface area contributed by atoms with Crippen LogP contribution in [0.25, 0.3) is 0 Å². The summed E-state index contributed by atoms with van der Waals surface area (Å²) in [6.07, 6.45) is -5.71. The molecule has 0 spiro atoms. The van der Waals surface area contributed by atoms with E-state index in [-0.39, 0.29) is 0 Å². The maximum atomic E-state index is 10.2. The first kappa shape index (κ1) is 17.8. The van der Waals surface area contributed by atoms with Gasteiger partial charge in [0.25, 0.3) is 0 Å². The molecule has 2 aromatic rings. The number of para-hydroxylation sites is 1. The standard InChI is InChI=1S/C19H23NO5/c21-11-15-16(22)17(23)18(24)19(25-15)13-6-4-5-12(9-13)10-20-14-7-2-1-3-8-14/h1-9,15-24H,10-11H2. The van der Waals surface area contributed by atoms with Crippen LogP contribution in [0.5, 0.6) is 0 Å². The summed E-state index contributed by atoms with van der Waals surface area (Å²) in [5.74, 6) is 0. The van der Waals surface area contributed by atoms with E-state index >= 15 is 0 Å². The number of aliphatic hydroxyl groups excluding tert-OH is 4. The number of hydrogen-bond donors (Lipinski definition) is 5. The Kier molecular flexibility index (Phi) is 5.67. The molecule has 3 rings (SSSR count). The first-order chi connectivity index (χ1) is 12.1. The average Bonchev–Trinajstić information content (AvgIpc) is 2.66. The maximum Gasteiger partial charge on any atom is 0.113 e. The van der Waals surface area contributed by atoms with Crippen LogP contribution in [0.2, 0.25) is 0 Å². The van der Waals surface area contributed by atoms with E-state index in [9.17, 15) is 20.4 Å². The average molecular weight is 345 g/mol. The summed E-state index contributed by atoms with van der Waals surface area (Å²) >= 11 is 0. The zero-order chi connectivity index (χ0) is 17.8. The molecular weight excluding hydrogens is 322 g/mol. The molecule has 0 radical (unpaired) electrons. The fraction of sp³-hybridized carbons (Fsp3) is 0.368. The molecule has 0 aliphatic carbocycles. The van der Waals surface area contributed by atoms with Crippen molar-refractivity contribution in [2.45, 2.75) is 37.1 Å². The summed E-state index contributed by atoms with van der Waals surface area (Å²) in [6, 6.07) is 17.3. The van der Waals surface area contributed by atoms with Gasteiger partial charge in [-0.25, -0.2) is 0 Å². The second-order valence-electron chi connectivity index (χ2n) is 6.21. The van der Waals surface area contributed by atoms with Gasteiger partial charge in [0.05, 0.1) is 6.61 Å². The van der Waals surface area contributed by atoms with Crippen molar-refractivity contribution in [3.8, 4) is 0 Å². The Balaban J connectivity index is 1.74. The van der Waals surface area contributed by atoms with Crippen LogP contribution in [-0.4, -0.2) is 51.4 Å². The summed E-state index contributed by atoms with van der Waals surface area (Å²) in [5.41, 5.74) is 2.67. The lowest BCUT2D eigenvalue weighted by atomic mass is 9.90. The second-order valence-corrected chi connectivity index (χ2v) is 6.21. The third kappa shape index (κ3) is 4.00. The van der Waals surface area contributed by atoms with E-state index in [1.807, 2.05) is 48.5 Å². The highest BCUT2D eigenvalue weighted by Crippen LogP contribution is 2.32. The molecule has 5 atom stereocenters. The van der Waals surface area contributed by atoms with Gasteiger partial charge in [-0.3, -0.25) is 0 Å². The number of nitrogens with one attached hydrogen (secondary N) is 1. The molecule has 6 heteroatoms. The Morgan fingerprint density at radius 3 is 2.36 bits per heavy atom. The Hall–Kier alpha value is -1.96. The minimum atomic E-state index is -1.37. The molecule has 0 bridgehead atoms. The predicted molar refractivity (Wildman–Crippen MR) is 92.9 cm³/mol. The van der Waals surface area contributed by atoms with Crippen molar-refractivity contribution in [2.24, 2.45) is 0 Å². The minimum absolute atomic E-state index is 0.434. The van der Waals surface area contributed by atoms with Crippen LogP contribution >= 0.6 is 0 Å². The van der Waals surface area contributed by atoms with Gasteiger partial charge in [-0.15, -0.1) is 0 Å². The molecule has 0 amide bonds. The fourth-order valence-corrected chi connectivity index (χ4v) is 3.02. The number of anilines is 1. The van der Waals surface area contributed by atoms with Gasteiger partial charge in [0.15, 0.2) is 0 Å². The Morgan fingerprint density at radius 2 is 1.64 bits per heavy atom. The molecule has 25 heavy (non-hydrogen) atoms. The summed E-state index contributed by atoms with van der Waals surface area (Å²) in [6.45, 7) is 0.159. The summed E-state index contributed by atoms with van der Waals surface area (Å²) < 4.78 is 5.60. The normalized spacial score (nSPS) is 29.4. The van der Waals surface area contributed by atoms with E-state index in [1.165, 1.54) is 0 Å². The monoisotopic (exact) mass is 345 g/mol. The van der Waals surface area contributed by atoms with Crippen molar-refractivity contribution in [3.63, 3.8) is 0 Å². The highest BCUT2D eigenvalue weighted by Gasteiger charge is 2.43. The van der Waals surface area contributed by atoms with Gasteiger partial charge in [-0.2, -0.15) is 0 Å². The first-order valence-corrected chi connectivity index (χ1v) is 8.28. The summed E-state index contributed by atoms with van der Waals surface area (Å²) in [4.78, 5) is 0. The van der Waals surface area contributed by atoms with Crippen LogP contribution in [0.3, 0.4) is 0 Å². The second kappa shape index (κ2) is 7.95. The first-order valence-electron chi connectivity index (χ1n) is 8.28. The molecule has 0 aromatic heterocycles. The number of hydrogen-bond acceptors (Lipinski definition) is 6. The fourth-order valence-electron chi connectivity index (χ4n) is 3.02. The Labute approximate surface area is 146 Å². The van der Waals surface area contributed by atoms with Crippen LogP contribution in [0.4, 0.5) is 5.69 Å². The molecule has 6 nitrogen and oxygen atoms in total. The van der Waals surface area contributed by atoms with Crippen LogP contribution in [-0.2, 0) is 11.3 Å². The Bertz CT molecular complexity index is 679. The van der Waals surface area contributed by atoms with Gasteiger partial charge >= 0.3 is 0 Å². The van der Waals surface area contributed by atoms with E-state index in [0.29, 0.717) is 12.1 Å². The van der Waals surface area contributed by atoms with Gasteiger partial charge < -0.3 is 30.5 Å². The highest BCUT2D eigenvalue weighted by molar-refractivity contribution is 5.43. The van der Waals surface area contributed by atoms with Gasteiger partial charge in [-0.1, -0.05) is 42.5 Å². The summed E-state index contributed by atoms with van der Waals surface area (Å²) in [7, 11) is 0. The van der Waals surface area contributed by atoms with Crippen molar-refractivity contribution < 1.29 is 25.2 Å². The van der Waals surface area contributed by atoms with E-state index in [2.05, 4.69) is 5.32 Å². The molecule has 5 unspecified atom stereocenters. The highest BCUT2D eigenvalue weighted by atomic mass is 16.5. The van der Waals surface area contributed by atoms with E-state index in [0.717, 1.165) is 11.3 Å². The predicted octanol–water partition coefficient (Wildman–Crippen LogP) is 0.814. The van der Waals surface area contributed by atoms with Gasteiger partial charge in [0, 0.05) is 12.2 Å². The zero-order valence-electron chi connectivity index (χ0n) is 13.7. The molecule has 1 saturated heterocycles. The van der Waals surface area contributed by atoms with Crippen LogP contribution in [0.1, 0.15) is 17.2 Å². The minimum Gasteiger partial charge on any atom is -0.394 e. The van der Waals surface area contributed by atoms with Crippen molar-refractivity contribution in [2.75, 3.05) is 11.9 Å². The van der Waals surface area contributed by atoms with Crippen LogP contribution in [0.15, 0.2) is 54.6 Å². The van der Waals surface area contributed by atoms with Crippen molar-refractivity contribution in [1.29, 1.82) is 0 Å². The van der Waals surface area contributed by atoms with Crippen molar-refractivity contribution in [3.05, 3.63) is 65.7 Å². The lowest BCUT2D eigenvalue weighted by molar-refractivity contribution is -0.231. The smallest absolute Gasteiger partial charge is 0.113 e. The number of aliphatic hydroxyl groups is 4. The largest absolute Gasteiger partial charge is 0.394 e. The van der Waals surface area contributed by atoms with Gasteiger partial charge in [0.1, 0.15) is 30.5 Å². The quantitative estimate of drug-likeness (QED) is 0.550. The molecule has 1 aliphatic rings. The van der Waals surface area contributed by atoms with Crippen molar-refractivity contribution in [1.82, 2.24) is 0 Å². The lowest BCUT2D eigenvalue weighted by Gasteiger charge is -2.40. The van der Waals surface area contributed by atoms with Crippen molar-refractivity contribution >= 4 is 5.69 Å². The lowest BCUT2D eigenvalue weighted by Crippen LogP contribution is -2.55. The van der Waals surface area contributed by atoms with E-state index in [4.69, 9.17) is 4.74 Å². The third-order valence-corrected chi connectivity index (χ3v) is 4.44. The number of rotatable bonds is 5. The van der Waals surface area contributed by atoms with Gasteiger partial charge in [0.2, 0.25) is 0 Å². The van der Waals surface area contributed by atoms with E-state index in [1.54, 1.807) is 6.07 Å². The Morgan fingerprint density at radius 1 is 0.880 bits per heavy atom. The van der Waals surface area contributed by atoms with Crippen LogP contribution in [0, 0.1) is 0 Å². The molecule has 1 fully saturated rings. The topological polar surface area (TPSA) is 102 Å². The summed E-state index contributed by atoms with van der Waals surface area (Å²) in [5, 5.41) is 42.7. The zero-order valence-corrected chi connectivity index (χ0v) is 13.7. The molecule has 2 aromatic carbocycles. The maximum absolute atomic E-state index is 10.2. The number of ether oxygens (including phenoxy) is 1. The SMILES string of the molecule is OCC1OC(c2cccc(CNc3ccccc3)c2)C(O)C(O)C1O. The molecular formula is C19H23NO5. The molecule has 5 N–H and O–H groups in total. The molecule has 134 valence electrons. The molecule has 1 aliphatic heterocycles. The van der Waals surface area contributed by atoms with E-state index < -0.39 is 37.1 Å². The molecule has 0 saturated carbocycles. The molecule has 1 heterocycles. The third-order valence-electron chi connectivity index (χ3n) is 4.44. The number of benzene rings is 2.